The van der Waals surface area contributed by atoms with Gasteiger partial charge in [-0.2, -0.15) is 5.10 Å². The molecule has 3 aliphatic rings. The molecule has 1 unspecified atom stereocenters. The van der Waals surface area contributed by atoms with Gasteiger partial charge in [0, 0.05) is 80.2 Å². The zero-order valence-corrected chi connectivity index (χ0v) is 27.9. The molecule has 3 aliphatic heterocycles. The molecule has 14 heteroatoms. The minimum absolute atomic E-state index is 0.0601. The Balaban J connectivity index is 0.872. The molecule has 2 aromatic heterocycles. The van der Waals surface area contributed by atoms with Gasteiger partial charge in [0.1, 0.15) is 23.2 Å². The van der Waals surface area contributed by atoms with E-state index in [1.807, 2.05) is 21.9 Å². The smallest absolute Gasteiger partial charge is 0.276 e. The predicted octanol–water partition coefficient (Wildman–Crippen LogP) is 2.95. The van der Waals surface area contributed by atoms with Crippen LogP contribution < -0.4 is 16.2 Å². The van der Waals surface area contributed by atoms with E-state index in [2.05, 4.69) is 37.9 Å². The first kappa shape index (κ1) is 33.5. The molecule has 0 radical (unpaired) electrons. The molecule has 2 aromatic carbocycles. The molecule has 0 aliphatic carbocycles. The number of hydrogen-bond acceptors (Lipinski definition) is 8. The third kappa shape index (κ3) is 7.03. The minimum atomic E-state index is -0.584. The van der Waals surface area contributed by atoms with Crippen molar-refractivity contribution in [2.45, 2.75) is 44.2 Å². The van der Waals surface area contributed by atoms with Crippen molar-refractivity contribution in [1.29, 1.82) is 0 Å². The molecular weight excluding hydrogens is 646 g/mol. The van der Waals surface area contributed by atoms with Crippen LogP contribution in [0.3, 0.4) is 0 Å². The molecule has 1 atom stereocenters. The summed E-state index contributed by atoms with van der Waals surface area (Å²) >= 11 is 0. The van der Waals surface area contributed by atoms with Crippen molar-refractivity contribution >= 4 is 34.3 Å². The minimum Gasteiger partial charge on any atom is -0.374 e. The fourth-order valence-corrected chi connectivity index (χ4v) is 7.28. The van der Waals surface area contributed by atoms with Crippen LogP contribution in [-0.4, -0.2) is 99.0 Å². The molecule has 3 N–H and O–H groups in total. The van der Waals surface area contributed by atoms with Gasteiger partial charge in [-0.05, 0) is 68.1 Å². The number of hydrogen-bond donors (Lipinski definition) is 3. The van der Waals surface area contributed by atoms with E-state index in [9.17, 15) is 19.2 Å². The number of carbonyl (C=O) groups excluding carboxylic acids is 3. The number of nitrogens with zero attached hydrogens (tertiary/aromatic N) is 5. The Morgan fingerprint density at radius 3 is 2.38 bits per heavy atom. The number of pyridine rings is 1. The average molecular weight is 687 g/mol. The summed E-state index contributed by atoms with van der Waals surface area (Å²) in [5.41, 5.74) is 2.68. The Labute approximate surface area is 287 Å². The van der Waals surface area contributed by atoms with Gasteiger partial charge >= 0.3 is 0 Å². The summed E-state index contributed by atoms with van der Waals surface area (Å²) in [4.78, 5) is 55.1. The van der Waals surface area contributed by atoms with Crippen molar-refractivity contribution < 1.29 is 23.2 Å². The van der Waals surface area contributed by atoms with Gasteiger partial charge in [0.15, 0.2) is 0 Å². The number of fused-ring (bicyclic) bond motifs is 1. The summed E-state index contributed by atoms with van der Waals surface area (Å²) in [7, 11) is 1.55. The standard InChI is InChI=1S/C36H40F2N8O4/c1-43-20-28(27-18-39-42-34(27)36(43)50)26-17-29(37)24(16-30(26)38)19-45-12-14-46(15-13-45)33(48)21-44-10-8-23(9-11-44)22-2-4-25(5-3-22)40-31-6-7-32(47)41-35(31)49/h2-5,16-18,20,23,31,40H,6-15,19,21H2,1H3,(H,39,42)(H,41,47,49). The summed E-state index contributed by atoms with van der Waals surface area (Å²) in [5, 5.41) is 12.6. The number of aryl methyl sites for hydroxylation is 1. The van der Waals surface area contributed by atoms with Crippen LogP contribution in [0.1, 0.15) is 42.7 Å². The van der Waals surface area contributed by atoms with Crippen LogP contribution >= 0.6 is 0 Å². The van der Waals surface area contributed by atoms with E-state index in [0.717, 1.165) is 31.6 Å². The summed E-state index contributed by atoms with van der Waals surface area (Å²) in [6, 6.07) is 10.1. The van der Waals surface area contributed by atoms with Gasteiger partial charge in [-0.25, -0.2) is 8.78 Å². The molecule has 5 heterocycles. The van der Waals surface area contributed by atoms with E-state index < -0.39 is 17.7 Å². The first-order chi connectivity index (χ1) is 24.1. The van der Waals surface area contributed by atoms with Crippen molar-refractivity contribution in [2.75, 3.05) is 51.1 Å². The van der Waals surface area contributed by atoms with E-state index in [1.165, 1.54) is 34.7 Å². The highest BCUT2D eigenvalue weighted by Crippen LogP contribution is 2.31. The highest BCUT2D eigenvalue weighted by Gasteiger charge is 2.28. The van der Waals surface area contributed by atoms with Gasteiger partial charge in [-0.1, -0.05) is 12.1 Å². The zero-order valence-electron chi connectivity index (χ0n) is 27.9. The molecule has 0 bridgehead atoms. The number of carbonyl (C=O) groups is 3. The van der Waals surface area contributed by atoms with Gasteiger partial charge in [0.2, 0.25) is 17.7 Å². The van der Waals surface area contributed by atoms with Gasteiger partial charge in [-0.15, -0.1) is 0 Å². The molecule has 262 valence electrons. The summed E-state index contributed by atoms with van der Waals surface area (Å²) in [6.45, 7) is 4.37. The first-order valence-electron chi connectivity index (χ1n) is 17.1. The topological polar surface area (TPSA) is 136 Å². The SMILES string of the molecule is Cn1cc(-c2cc(F)c(CN3CCN(C(=O)CN4CCC(c5ccc(NC6CCC(=O)NC6=O)cc5)CC4)CC3)cc2F)c2cn[nH]c2c1=O. The number of anilines is 1. The number of amides is 3. The van der Waals surface area contributed by atoms with E-state index >= 15 is 8.78 Å². The van der Waals surface area contributed by atoms with Crippen LogP contribution in [-0.2, 0) is 28.0 Å². The first-order valence-corrected chi connectivity index (χ1v) is 17.1. The third-order valence-electron chi connectivity index (χ3n) is 10.2. The maximum atomic E-state index is 15.4. The van der Waals surface area contributed by atoms with E-state index in [1.54, 1.807) is 7.05 Å². The fraction of sp³-hybridized carbons (Fsp3) is 0.417. The largest absolute Gasteiger partial charge is 0.374 e. The van der Waals surface area contributed by atoms with E-state index in [4.69, 9.17) is 0 Å². The second-order valence-corrected chi connectivity index (χ2v) is 13.5. The number of rotatable bonds is 8. The molecule has 4 aromatic rings. The Morgan fingerprint density at radius 1 is 0.920 bits per heavy atom. The quantitative estimate of drug-likeness (QED) is 0.241. The number of aromatic amines is 1. The predicted molar refractivity (Wildman–Crippen MR) is 183 cm³/mol. The second kappa shape index (κ2) is 14.1. The number of aromatic nitrogens is 3. The lowest BCUT2D eigenvalue weighted by atomic mass is 9.89. The van der Waals surface area contributed by atoms with Crippen LogP contribution in [0.25, 0.3) is 22.0 Å². The van der Waals surface area contributed by atoms with Crippen molar-refractivity contribution in [1.82, 2.24) is 34.8 Å². The molecule has 7 rings (SSSR count). The molecular formula is C36H40F2N8O4. The van der Waals surface area contributed by atoms with E-state index in [-0.39, 0.29) is 46.5 Å². The number of imide groups is 1. The highest BCUT2D eigenvalue weighted by molar-refractivity contribution is 6.01. The van der Waals surface area contributed by atoms with Crippen molar-refractivity contribution in [3.63, 3.8) is 0 Å². The molecule has 3 amide bonds. The lowest BCUT2D eigenvalue weighted by Crippen LogP contribution is -2.51. The lowest BCUT2D eigenvalue weighted by Gasteiger charge is -2.37. The number of halogens is 2. The molecule has 12 nitrogen and oxygen atoms in total. The van der Waals surface area contributed by atoms with Crippen molar-refractivity contribution in [2.24, 2.45) is 7.05 Å². The van der Waals surface area contributed by atoms with E-state index in [0.29, 0.717) is 62.4 Å². The van der Waals surface area contributed by atoms with Gasteiger partial charge in [0.05, 0.1) is 12.7 Å². The van der Waals surface area contributed by atoms with Gasteiger partial charge in [-0.3, -0.25) is 39.4 Å². The molecule has 3 saturated heterocycles. The Hall–Kier alpha value is -4.95. The maximum Gasteiger partial charge on any atom is 0.276 e. The summed E-state index contributed by atoms with van der Waals surface area (Å²) in [5.74, 6) is -1.17. The van der Waals surface area contributed by atoms with Gasteiger partial charge in [0.25, 0.3) is 5.56 Å². The average Bonchev–Trinajstić information content (AvgIpc) is 3.61. The zero-order chi connectivity index (χ0) is 34.9. The number of piperidine rings is 2. The Kier molecular flexibility index (Phi) is 9.47. The maximum absolute atomic E-state index is 15.4. The summed E-state index contributed by atoms with van der Waals surface area (Å²) in [6.07, 6.45) is 5.62. The summed E-state index contributed by atoms with van der Waals surface area (Å²) < 4.78 is 32.0. The molecule has 3 fully saturated rings. The van der Waals surface area contributed by atoms with Crippen LogP contribution in [0.4, 0.5) is 14.5 Å². The van der Waals surface area contributed by atoms with Crippen LogP contribution in [0.15, 0.2) is 53.6 Å². The monoisotopic (exact) mass is 686 g/mol. The third-order valence-corrected chi connectivity index (χ3v) is 10.2. The number of benzene rings is 2. The van der Waals surface area contributed by atoms with Crippen LogP contribution in [0.5, 0.6) is 0 Å². The van der Waals surface area contributed by atoms with Crippen molar-refractivity contribution in [3.05, 3.63) is 81.9 Å². The Morgan fingerprint density at radius 2 is 1.66 bits per heavy atom. The lowest BCUT2D eigenvalue weighted by molar-refractivity contribution is -0.135. The highest BCUT2D eigenvalue weighted by atomic mass is 19.1. The van der Waals surface area contributed by atoms with Crippen LogP contribution in [0.2, 0.25) is 0 Å². The second-order valence-electron chi connectivity index (χ2n) is 13.5. The number of likely N-dealkylation sites (tertiary alicyclic amines) is 1. The van der Waals surface area contributed by atoms with Crippen molar-refractivity contribution in [3.8, 4) is 11.1 Å². The molecule has 0 saturated carbocycles. The fourth-order valence-electron chi connectivity index (χ4n) is 7.28. The Bertz CT molecular complexity index is 1980. The van der Waals surface area contributed by atoms with Gasteiger partial charge < -0.3 is 14.8 Å². The molecule has 50 heavy (non-hydrogen) atoms. The molecule has 0 spiro atoms. The number of piperazine rings is 1. The number of nitrogens with one attached hydrogen (secondary N) is 3. The normalized spacial score (nSPS) is 19.6. The van der Waals surface area contributed by atoms with Crippen LogP contribution in [0, 0.1) is 11.6 Å². The number of H-pyrrole nitrogens is 1.